The molecule has 150 valence electrons. The minimum absolute atomic E-state index is 0.00386. The number of carbonyl (C=O) groups excluding carboxylic acids is 1. The van der Waals surface area contributed by atoms with Gasteiger partial charge in [-0.3, -0.25) is 4.79 Å². The van der Waals surface area contributed by atoms with Crippen molar-refractivity contribution in [2.75, 3.05) is 13.7 Å². The van der Waals surface area contributed by atoms with E-state index in [9.17, 15) is 4.79 Å². The molecule has 1 heterocycles. The first-order valence-corrected chi connectivity index (χ1v) is 9.79. The van der Waals surface area contributed by atoms with Gasteiger partial charge in [0.1, 0.15) is 22.8 Å². The van der Waals surface area contributed by atoms with E-state index in [1.807, 2.05) is 44.2 Å². The maximum Gasteiger partial charge on any atom is 0.220 e. The first-order valence-electron chi connectivity index (χ1n) is 9.41. The van der Waals surface area contributed by atoms with Crippen LogP contribution in [0.3, 0.4) is 0 Å². The number of hydrogen-bond acceptors (Lipinski definition) is 4. The zero-order chi connectivity index (χ0) is 20.1. The molecule has 1 aliphatic rings. The third-order valence-electron chi connectivity index (χ3n) is 4.64. The summed E-state index contributed by atoms with van der Waals surface area (Å²) in [4.78, 5) is 12.5. The van der Waals surface area contributed by atoms with Crippen LogP contribution in [-0.2, 0) is 4.79 Å². The summed E-state index contributed by atoms with van der Waals surface area (Å²) in [5.74, 6) is 2.25. The van der Waals surface area contributed by atoms with Gasteiger partial charge >= 0.3 is 0 Å². The Balaban J connectivity index is 1.54. The lowest BCUT2D eigenvalue weighted by molar-refractivity contribution is -0.122. The molecule has 6 heteroatoms. The lowest BCUT2D eigenvalue weighted by Crippen LogP contribution is -2.41. The number of rotatable bonds is 7. The molecule has 0 spiro atoms. The van der Waals surface area contributed by atoms with Crippen LogP contribution < -0.4 is 19.5 Å². The van der Waals surface area contributed by atoms with Crippen molar-refractivity contribution in [2.45, 2.75) is 44.8 Å². The first kappa shape index (κ1) is 20.3. The number of ether oxygens (including phenoxy) is 3. The third kappa shape index (κ3) is 5.32. The normalized spacial score (nSPS) is 17.2. The second-order valence-corrected chi connectivity index (χ2v) is 7.93. The maximum atomic E-state index is 12.5. The number of amides is 1. The number of halogens is 1. The molecule has 1 aliphatic heterocycles. The molecule has 0 bridgehead atoms. The maximum absolute atomic E-state index is 12.5. The van der Waals surface area contributed by atoms with Crippen LogP contribution in [-0.4, -0.2) is 25.2 Å². The lowest BCUT2D eigenvalue weighted by Gasteiger charge is -2.38. The Bertz CT molecular complexity index is 820. The van der Waals surface area contributed by atoms with E-state index in [2.05, 4.69) is 5.32 Å². The molecule has 0 fully saturated rings. The second kappa shape index (κ2) is 8.74. The minimum atomic E-state index is -0.366. The summed E-state index contributed by atoms with van der Waals surface area (Å²) in [6, 6.07) is 12.8. The number of nitrogens with one attached hydrogen (secondary N) is 1. The first-order chi connectivity index (χ1) is 13.4. The van der Waals surface area contributed by atoms with E-state index in [1.165, 1.54) is 0 Å². The van der Waals surface area contributed by atoms with Crippen molar-refractivity contribution in [3.8, 4) is 17.2 Å². The SMILES string of the molecule is COc1ccc2c(c1)OC(C)(C)CC2NC(=O)CCCOc1ccc(Cl)cc1. The summed E-state index contributed by atoms with van der Waals surface area (Å²) in [5.41, 5.74) is 0.612. The van der Waals surface area contributed by atoms with Crippen molar-refractivity contribution >= 4 is 17.5 Å². The van der Waals surface area contributed by atoms with Crippen LogP contribution in [0.25, 0.3) is 0 Å². The molecular formula is C22H26ClNO4. The largest absolute Gasteiger partial charge is 0.497 e. The molecule has 2 aromatic rings. The zero-order valence-electron chi connectivity index (χ0n) is 16.5. The van der Waals surface area contributed by atoms with Crippen molar-refractivity contribution in [3.05, 3.63) is 53.1 Å². The fourth-order valence-corrected chi connectivity index (χ4v) is 3.43. The Labute approximate surface area is 170 Å². The average molecular weight is 404 g/mol. The summed E-state index contributed by atoms with van der Waals surface area (Å²) >= 11 is 5.86. The van der Waals surface area contributed by atoms with Gasteiger partial charge < -0.3 is 19.5 Å². The Morgan fingerprint density at radius 3 is 2.64 bits per heavy atom. The van der Waals surface area contributed by atoms with Crippen LogP contribution >= 0.6 is 11.6 Å². The highest BCUT2D eigenvalue weighted by Crippen LogP contribution is 2.41. The molecule has 1 amide bonds. The van der Waals surface area contributed by atoms with E-state index in [-0.39, 0.29) is 17.6 Å². The van der Waals surface area contributed by atoms with Gasteiger partial charge in [-0.25, -0.2) is 0 Å². The predicted molar refractivity (Wildman–Crippen MR) is 109 cm³/mol. The van der Waals surface area contributed by atoms with Gasteiger partial charge in [-0.15, -0.1) is 0 Å². The number of fused-ring (bicyclic) bond motifs is 1. The van der Waals surface area contributed by atoms with Gasteiger partial charge in [-0.05, 0) is 56.7 Å². The molecule has 0 aromatic heterocycles. The molecular weight excluding hydrogens is 378 g/mol. The Morgan fingerprint density at radius 1 is 1.21 bits per heavy atom. The molecule has 2 aromatic carbocycles. The molecule has 5 nitrogen and oxygen atoms in total. The molecule has 0 saturated carbocycles. The molecule has 0 aliphatic carbocycles. The van der Waals surface area contributed by atoms with Crippen LogP contribution in [0.1, 0.15) is 44.7 Å². The van der Waals surface area contributed by atoms with Gasteiger partial charge in [-0.1, -0.05) is 11.6 Å². The van der Waals surface area contributed by atoms with Crippen LogP contribution in [0.2, 0.25) is 5.02 Å². The molecule has 1 N–H and O–H groups in total. The van der Waals surface area contributed by atoms with Gasteiger partial charge in [0, 0.05) is 29.5 Å². The molecule has 3 rings (SSSR count). The fraction of sp³-hybridized carbons (Fsp3) is 0.409. The van der Waals surface area contributed by atoms with Crippen molar-refractivity contribution in [1.29, 1.82) is 0 Å². The monoisotopic (exact) mass is 403 g/mol. The van der Waals surface area contributed by atoms with Gasteiger partial charge in [0.2, 0.25) is 5.91 Å². The zero-order valence-corrected chi connectivity index (χ0v) is 17.2. The van der Waals surface area contributed by atoms with Gasteiger partial charge in [0.15, 0.2) is 0 Å². The standard InChI is InChI=1S/C22H26ClNO4/c1-22(2)14-19(18-11-10-17(26-3)13-20(18)28-22)24-21(25)5-4-12-27-16-8-6-15(23)7-9-16/h6-11,13,19H,4-5,12,14H2,1-3H3,(H,24,25). The van der Waals surface area contributed by atoms with E-state index in [0.717, 1.165) is 22.8 Å². The Kier molecular flexibility index (Phi) is 6.35. The summed E-state index contributed by atoms with van der Waals surface area (Å²) in [6.45, 7) is 4.52. The van der Waals surface area contributed by atoms with Gasteiger partial charge in [0.25, 0.3) is 0 Å². The van der Waals surface area contributed by atoms with Crippen molar-refractivity contribution < 1.29 is 19.0 Å². The summed E-state index contributed by atoms with van der Waals surface area (Å²) in [7, 11) is 1.63. The highest BCUT2D eigenvalue weighted by Gasteiger charge is 2.34. The summed E-state index contributed by atoms with van der Waals surface area (Å²) < 4.78 is 17.0. The van der Waals surface area contributed by atoms with Crippen molar-refractivity contribution in [3.63, 3.8) is 0 Å². The number of benzene rings is 2. The van der Waals surface area contributed by atoms with E-state index in [1.54, 1.807) is 19.2 Å². The van der Waals surface area contributed by atoms with Crippen LogP contribution in [0, 0.1) is 0 Å². The van der Waals surface area contributed by atoms with Crippen molar-refractivity contribution in [2.24, 2.45) is 0 Å². The highest BCUT2D eigenvalue weighted by atomic mass is 35.5. The van der Waals surface area contributed by atoms with Gasteiger partial charge in [0.05, 0.1) is 19.8 Å². The molecule has 1 unspecified atom stereocenters. The molecule has 0 radical (unpaired) electrons. The predicted octanol–water partition coefficient (Wildman–Crippen LogP) is 4.93. The van der Waals surface area contributed by atoms with E-state index in [4.69, 9.17) is 25.8 Å². The average Bonchev–Trinajstić information content (AvgIpc) is 2.65. The Morgan fingerprint density at radius 2 is 1.93 bits per heavy atom. The smallest absolute Gasteiger partial charge is 0.220 e. The van der Waals surface area contributed by atoms with Crippen LogP contribution in [0.4, 0.5) is 0 Å². The van der Waals surface area contributed by atoms with E-state index in [0.29, 0.717) is 30.9 Å². The molecule has 1 atom stereocenters. The van der Waals surface area contributed by atoms with Gasteiger partial charge in [-0.2, -0.15) is 0 Å². The summed E-state index contributed by atoms with van der Waals surface area (Å²) in [5, 5.41) is 3.81. The number of carbonyl (C=O) groups is 1. The van der Waals surface area contributed by atoms with Crippen molar-refractivity contribution in [1.82, 2.24) is 5.32 Å². The Hall–Kier alpha value is -2.40. The molecule has 28 heavy (non-hydrogen) atoms. The minimum Gasteiger partial charge on any atom is -0.497 e. The molecule has 0 saturated heterocycles. The number of methoxy groups -OCH3 is 1. The quantitative estimate of drug-likeness (QED) is 0.666. The number of hydrogen-bond donors (Lipinski definition) is 1. The highest BCUT2D eigenvalue weighted by molar-refractivity contribution is 6.30. The van der Waals surface area contributed by atoms with E-state index >= 15 is 0 Å². The fourth-order valence-electron chi connectivity index (χ4n) is 3.31. The van der Waals surface area contributed by atoms with E-state index < -0.39 is 0 Å². The van der Waals surface area contributed by atoms with Crippen LogP contribution in [0.15, 0.2) is 42.5 Å². The summed E-state index contributed by atoms with van der Waals surface area (Å²) in [6.07, 6.45) is 1.74. The third-order valence-corrected chi connectivity index (χ3v) is 4.90. The lowest BCUT2D eigenvalue weighted by atomic mass is 9.89. The second-order valence-electron chi connectivity index (χ2n) is 7.50. The van der Waals surface area contributed by atoms with Crippen LogP contribution in [0.5, 0.6) is 17.2 Å². The topological polar surface area (TPSA) is 56.8 Å².